The predicted molar refractivity (Wildman–Crippen MR) is 96.4 cm³/mol. The van der Waals surface area contributed by atoms with Gasteiger partial charge >= 0.3 is 6.03 Å². The summed E-state index contributed by atoms with van der Waals surface area (Å²) in [6.45, 7) is 8.41. The first-order chi connectivity index (χ1) is 11.9. The molecular formula is C17H31N3O4S. The fourth-order valence-corrected chi connectivity index (χ4v) is 6.32. The first-order valence-electron chi connectivity index (χ1n) is 9.46. The molecular weight excluding hydrogens is 342 g/mol. The van der Waals surface area contributed by atoms with Crippen LogP contribution in [0.5, 0.6) is 0 Å². The van der Waals surface area contributed by atoms with Gasteiger partial charge < -0.3 is 15.0 Å². The molecule has 0 unspecified atom stereocenters. The summed E-state index contributed by atoms with van der Waals surface area (Å²) in [5.74, 6) is 0.0662. The van der Waals surface area contributed by atoms with Crippen molar-refractivity contribution >= 4 is 15.9 Å². The largest absolute Gasteiger partial charge is 0.379 e. The molecule has 25 heavy (non-hydrogen) atoms. The molecule has 7 nitrogen and oxygen atoms in total. The van der Waals surface area contributed by atoms with E-state index >= 15 is 0 Å². The van der Waals surface area contributed by atoms with Crippen LogP contribution in [0.1, 0.15) is 39.5 Å². The fourth-order valence-electron chi connectivity index (χ4n) is 4.20. The Balaban J connectivity index is 1.58. The van der Waals surface area contributed by atoms with Crippen molar-refractivity contribution in [2.24, 2.45) is 0 Å². The molecule has 0 bridgehead atoms. The van der Waals surface area contributed by atoms with Gasteiger partial charge in [0.05, 0.1) is 23.7 Å². The number of nitrogens with zero attached hydrogens (tertiary/aromatic N) is 2. The lowest BCUT2D eigenvalue weighted by atomic mass is 10.0. The minimum absolute atomic E-state index is 0.0662. The molecule has 2 heterocycles. The van der Waals surface area contributed by atoms with Crippen molar-refractivity contribution in [3.63, 3.8) is 0 Å². The van der Waals surface area contributed by atoms with Gasteiger partial charge in [-0.1, -0.05) is 13.8 Å². The molecule has 144 valence electrons. The lowest BCUT2D eigenvalue weighted by Crippen LogP contribution is -2.60. The topological polar surface area (TPSA) is 79.0 Å². The summed E-state index contributed by atoms with van der Waals surface area (Å²) in [7, 11) is -3.14. The molecule has 3 rings (SSSR count). The van der Waals surface area contributed by atoms with Crippen LogP contribution in [0.2, 0.25) is 0 Å². The molecule has 0 radical (unpaired) electrons. The van der Waals surface area contributed by atoms with Gasteiger partial charge in [0.15, 0.2) is 9.84 Å². The standard InChI is InChI=1S/C17H31N3O4S/c1-3-17(4-2)14-19(9-12-25(17,22)23)15(21)18-13-16(5-6-16)20-7-10-24-11-8-20/h3-14H2,1-2H3,(H,18,21). The molecule has 2 saturated heterocycles. The minimum Gasteiger partial charge on any atom is -0.379 e. The highest BCUT2D eigenvalue weighted by Gasteiger charge is 2.49. The van der Waals surface area contributed by atoms with Crippen molar-refractivity contribution in [1.29, 1.82) is 0 Å². The average Bonchev–Trinajstić information content (AvgIpc) is 3.42. The monoisotopic (exact) mass is 373 g/mol. The fraction of sp³-hybridized carbons (Fsp3) is 0.941. The van der Waals surface area contributed by atoms with E-state index in [9.17, 15) is 13.2 Å². The molecule has 3 aliphatic rings. The summed E-state index contributed by atoms with van der Waals surface area (Å²) in [4.78, 5) is 16.8. The maximum absolute atomic E-state index is 12.7. The highest BCUT2D eigenvalue weighted by Crippen LogP contribution is 2.41. The highest BCUT2D eigenvalue weighted by atomic mass is 32.2. The molecule has 8 heteroatoms. The summed E-state index contributed by atoms with van der Waals surface area (Å²) < 4.78 is 29.6. The average molecular weight is 374 g/mol. The van der Waals surface area contributed by atoms with E-state index in [4.69, 9.17) is 4.74 Å². The van der Waals surface area contributed by atoms with Gasteiger partial charge in [0, 0.05) is 38.3 Å². The summed E-state index contributed by atoms with van der Waals surface area (Å²) in [5, 5.41) is 3.08. The van der Waals surface area contributed by atoms with E-state index in [0.717, 1.165) is 39.1 Å². The Labute approximate surface area is 151 Å². The molecule has 2 amide bonds. The quantitative estimate of drug-likeness (QED) is 0.773. The van der Waals surface area contributed by atoms with Gasteiger partial charge in [-0.05, 0) is 25.7 Å². The second-order valence-electron chi connectivity index (χ2n) is 7.61. The van der Waals surface area contributed by atoms with Gasteiger partial charge in [0.1, 0.15) is 0 Å². The summed E-state index contributed by atoms with van der Waals surface area (Å²) in [6, 6.07) is -0.124. The third-order valence-corrected chi connectivity index (χ3v) is 9.17. The molecule has 1 saturated carbocycles. The highest BCUT2D eigenvalue weighted by molar-refractivity contribution is 7.92. The number of ether oxygens (including phenoxy) is 1. The zero-order valence-electron chi connectivity index (χ0n) is 15.4. The lowest BCUT2D eigenvalue weighted by Gasteiger charge is -2.41. The maximum atomic E-state index is 12.7. The van der Waals surface area contributed by atoms with Crippen LogP contribution in [-0.4, -0.2) is 86.2 Å². The van der Waals surface area contributed by atoms with Gasteiger partial charge in [-0.2, -0.15) is 0 Å². The molecule has 1 aliphatic carbocycles. The zero-order chi connectivity index (χ0) is 18.1. The molecule has 0 spiro atoms. The number of hydrogen-bond acceptors (Lipinski definition) is 5. The Morgan fingerprint density at radius 2 is 1.76 bits per heavy atom. The summed E-state index contributed by atoms with van der Waals surface area (Å²) >= 11 is 0. The molecule has 2 aliphatic heterocycles. The number of nitrogens with one attached hydrogen (secondary N) is 1. The van der Waals surface area contributed by atoms with Gasteiger partial charge in [0.25, 0.3) is 0 Å². The Morgan fingerprint density at radius 3 is 2.32 bits per heavy atom. The van der Waals surface area contributed by atoms with E-state index in [0.29, 0.717) is 32.5 Å². The van der Waals surface area contributed by atoms with E-state index in [2.05, 4.69) is 10.2 Å². The molecule has 0 aromatic heterocycles. The van der Waals surface area contributed by atoms with E-state index in [1.807, 2.05) is 13.8 Å². The van der Waals surface area contributed by atoms with Gasteiger partial charge in [-0.3, -0.25) is 4.90 Å². The first-order valence-corrected chi connectivity index (χ1v) is 11.1. The van der Waals surface area contributed by atoms with Crippen molar-refractivity contribution in [1.82, 2.24) is 15.1 Å². The first kappa shape index (κ1) is 18.9. The molecule has 0 aromatic rings. The number of urea groups is 1. The van der Waals surface area contributed by atoms with Gasteiger partial charge in [-0.15, -0.1) is 0 Å². The van der Waals surface area contributed by atoms with E-state index < -0.39 is 14.6 Å². The number of sulfone groups is 1. The maximum Gasteiger partial charge on any atom is 0.317 e. The SMILES string of the molecule is CCC1(CC)CN(C(=O)NCC2(N3CCOCC3)CC2)CCS1(=O)=O. The van der Waals surface area contributed by atoms with Crippen LogP contribution in [0, 0.1) is 0 Å². The number of amides is 2. The smallest absolute Gasteiger partial charge is 0.317 e. The van der Waals surface area contributed by atoms with Crippen LogP contribution in [0.4, 0.5) is 4.79 Å². The van der Waals surface area contributed by atoms with Crippen molar-refractivity contribution < 1.29 is 17.9 Å². The van der Waals surface area contributed by atoms with Gasteiger partial charge in [-0.25, -0.2) is 13.2 Å². The summed E-state index contributed by atoms with van der Waals surface area (Å²) in [5.41, 5.74) is 0.0912. The van der Waals surface area contributed by atoms with E-state index in [1.54, 1.807) is 4.90 Å². The number of hydrogen-bond donors (Lipinski definition) is 1. The van der Waals surface area contributed by atoms with E-state index in [1.165, 1.54) is 0 Å². The third kappa shape index (κ3) is 3.53. The Bertz CT molecular complexity index is 593. The number of carbonyl (C=O) groups excluding carboxylic acids is 1. The summed E-state index contributed by atoms with van der Waals surface area (Å²) in [6.07, 6.45) is 3.31. The van der Waals surface area contributed by atoms with Crippen molar-refractivity contribution in [2.45, 2.75) is 49.8 Å². The predicted octanol–water partition coefficient (Wildman–Crippen LogP) is 0.850. The zero-order valence-corrected chi connectivity index (χ0v) is 16.2. The molecule has 0 aromatic carbocycles. The number of carbonyl (C=O) groups is 1. The molecule has 1 N–H and O–H groups in total. The Hall–Kier alpha value is -0.860. The van der Waals surface area contributed by atoms with Crippen LogP contribution in [0.25, 0.3) is 0 Å². The van der Waals surface area contributed by atoms with Crippen LogP contribution < -0.4 is 5.32 Å². The minimum atomic E-state index is -3.14. The normalized spacial score (nSPS) is 27.7. The lowest BCUT2D eigenvalue weighted by molar-refractivity contribution is 0.00997. The molecule has 0 atom stereocenters. The Morgan fingerprint density at radius 1 is 1.12 bits per heavy atom. The van der Waals surface area contributed by atoms with Crippen molar-refractivity contribution in [2.75, 3.05) is 51.7 Å². The van der Waals surface area contributed by atoms with Crippen LogP contribution >= 0.6 is 0 Å². The van der Waals surface area contributed by atoms with Crippen LogP contribution in [-0.2, 0) is 14.6 Å². The van der Waals surface area contributed by atoms with Crippen LogP contribution in [0.3, 0.4) is 0 Å². The van der Waals surface area contributed by atoms with Crippen LogP contribution in [0.15, 0.2) is 0 Å². The van der Waals surface area contributed by atoms with Crippen molar-refractivity contribution in [3.05, 3.63) is 0 Å². The molecule has 3 fully saturated rings. The van der Waals surface area contributed by atoms with E-state index in [-0.39, 0.29) is 17.3 Å². The Kier molecular flexibility index (Phi) is 5.33. The number of morpholine rings is 1. The second kappa shape index (κ2) is 7.04. The van der Waals surface area contributed by atoms with Crippen molar-refractivity contribution in [3.8, 4) is 0 Å². The second-order valence-corrected chi connectivity index (χ2v) is 10.1. The van der Waals surface area contributed by atoms with Gasteiger partial charge in [0.2, 0.25) is 0 Å². The number of rotatable bonds is 5. The third-order valence-electron chi connectivity index (χ3n) is 6.42.